The van der Waals surface area contributed by atoms with Crippen LogP contribution in [0.4, 0.5) is 13.6 Å². The van der Waals surface area contributed by atoms with Crippen LogP contribution < -0.4 is 4.72 Å². The van der Waals surface area contributed by atoms with Crippen LogP contribution in [0.2, 0.25) is 0 Å². The first-order valence-electron chi connectivity index (χ1n) is 10.6. The van der Waals surface area contributed by atoms with Gasteiger partial charge in [0.05, 0.1) is 25.0 Å². The van der Waals surface area contributed by atoms with E-state index >= 15 is 0 Å². The van der Waals surface area contributed by atoms with Gasteiger partial charge in [0.1, 0.15) is 0 Å². The van der Waals surface area contributed by atoms with Crippen molar-refractivity contribution in [2.24, 2.45) is 0 Å². The van der Waals surface area contributed by atoms with Crippen LogP contribution in [-0.4, -0.2) is 70.0 Å². The zero-order valence-corrected chi connectivity index (χ0v) is 18.4. The first-order valence-corrected chi connectivity index (χ1v) is 12.5. The van der Waals surface area contributed by atoms with E-state index in [1.54, 1.807) is 0 Å². The van der Waals surface area contributed by atoms with Crippen molar-refractivity contribution in [3.8, 4) is 0 Å². The Morgan fingerprint density at radius 3 is 2.45 bits per heavy atom. The van der Waals surface area contributed by atoms with E-state index in [0.29, 0.717) is 12.3 Å². The fraction of sp³-hybridized carbons (Fsp3) is 0.667. The van der Waals surface area contributed by atoms with Gasteiger partial charge in [0.2, 0.25) is 10.0 Å². The number of ether oxygens (including phenoxy) is 2. The van der Waals surface area contributed by atoms with Crippen LogP contribution >= 0.6 is 0 Å². The summed E-state index contributed by atoms with van der Waals surface area (Å²) in [6.45, 7) is -0.655. The summed E-state index contributed by atoms with van der Waals surface area (Å²) in [5.74, 6) is 0.494. The van der Waals surface area contributed by atoms with Crippen molar-refractivity contribution in [2.45, 2.75) is 62.6 Å². The van der Waals surface area contributed by atoms with Gasteiger partial charge in [-0.1, -0.05) is 30.3 Å². The number of alkyl halides is 2. The Hall–Kier alpha value is -1.78. The highest BCUT2D eigenvalue weighted by Crippen LogP contribution is 2.34. The topological polar surface area (TPSA) is 84.9 Å². The Bertz CT molecular complexity index is 816. The molecule has 0 bridgehead atoms. The van der Waals surface area contributed by atoms with Crippen LogP contribution in [0.3, 0.4) is 0 Å². The molecule has 1 heterocycles. The maximum atomic E-state index is 12.4. The first kappa shape index (κ1) is 23.9. The molecule has 2 aliphatic rings. The molecule has 31 heavy (non-hydrogen) atoms. The lowest BCUT2D eigenvalue weighted by molar-refractivity contribution is -0.0129. The van der Waals surface area contributed by atoms with E-state index in [9.17, 15) is 22.0 Å². The maximum absolute atomic E-state index is 12.4. The van der Waals surface area contributed by atoms with Gasteiger partial charge in [-0.2, -0.15) is 0 Å². The van der Waals surface area contributed by atoms with Crippen LogP contribution in [0.1, 0.15) is 43.6 Å². The number of likely N-dealkylation sites (tertiary alicyclic amines) is 1. The number of benzene rings is 1. The number of hydrogen-bond donors (Lipinski definition) is 1. The molecule has 0 radical (unpaired) electrons. The van der Waals surface area contributed by atoms with Gasteiger partial charge in [0.25, 0.3) is 6.43 Å². The van der Waals surface area contributed by atoms with Gasteiger partial charge in [-0.3, -0.25) is 0 Å². The third kappa shape index (κ3) is 7.11. The van der Waals surface area contributed by atoms with Gasteiger partial charge >= 0.3 is 6.09 Å². The molecule has 1 aliphatic carbocycles. The fourth-order valence-electron chi connectivity index (χ4n) is 4.44. The van der Waals surface area contributed by atoms with E-state index in [1.807, 2.05) is 18.2 Å². The summed E-state index contributed by atoms with van der Waals surface area (Å²) in [5, 5.41) is 0. The molecule has 10 heteroatoms. The van der Waals surface area contributed by atoms with E-state index in [-0.39, 0.29) is 19.3 Å². The predicted octanol–water partition coefficient (Wildman–Crippen LogP) is 3.12. The molecule has 1 saturated carbocycles. The predicted molar refractivity (Wildman–Crippen MR) is 112 cm³/mol. The number of sulfonamides is 1. The monoisotopic (exact) mass is 460 g/mol. The smallest absolute Gasteiger partial charge is 0.410 e. The quantitative estimate of drug-likeness (QED) is 0.644. The molecule has 2 atom stereocenters. The first-order chi connectivity index (χ1) is 14.7. The molecule has 1 amide bonds. The molecule has 1 saturated heterocycles. The van der Waals surface area contributed by atoms with Crippen molar-refractivity contribution in [2.75, 3.05) is 26.0 Å². The Labute approximate surface area is 182 Å². The molecule has 1 unspecified atom stereocenters. The molecule has 3 rings (SSSR count). The largest absolute Gasteiger partial charge is 0.443 e. The summed E-state index contributed by atoms with van der Waals surface area (Å²) in [6.07, 6.45) is 1.51. The summed E-state index contributed by atoms with van der Waals surface area (Å²) in [7, 11) is -3.50. The zero-order chi connectivity index (χ0) is 22.4. The highest BCUT2D eigenvalue weighted by Gasteiger charge is 2.40. The minimum atomic E-state index is -3.50. The summed E-state index contributed by atoms with van der Waals surface area (Å²) in [4.78, 5) is 13.6. The van der Waals surface area contributed by atoms with Crippen molar-refractivity contribution >= 4 is 16.1 Å². The fourth-order valence-corrected chi connectivity index (χ4v) is 5.26. The third-order valence-electron chi connectivity index (χ3n) is 5.93. The Morgan fingerprint density at radius 1 is 1.16 bits per heavy atom. The number of hydrogen-bond acceptors (Lipinski definition) is 5. The second kappa shape index (κ2) is 10.7. The number of halogens is 2. The second-order valence-corrected chi connectivity index (χ2v) is 10.0. The van der Waals surface area contributed by atoms with Crippen molar-refractivity contribution in [3.05, 3.63) is 35.9 Å². The van der Waals surface area contributed by atoms with Crippen molar-refractivity contribution < 1.29 is 31.5 Å². The molecule has 0 spiro atoms. The number of rotatable bonds is 8. The molecule has 7 nitrogen and oxygen atoms in total. The molecule has 1 aliphatic heterocycles. The number of carbonyl (C=O) groups is 1. The van der Waals surface area contributed by atoms with Crippen molar-refractivity contribution in [1.82, 2.24) is 9.62 Å². The molecule has 1 N–H and O–H groups in total. The SMILES string of the molecule is CS(=O)(=O)N[C@H]1CCN(C(=O)OCC(F)F)C1COC1CCC(c2ccccc2)CC1. The van der Waals surface area contributed by atoms with E-state index in [2.05, 4.69) is 21.6 Å². The van der Waals surface area contributed by atoms with Gasteiger partial charge in [-0.25, -0.2) is 26.7 Å². The van der Waals surface area contributed by atoms with Crippen LogP contribution in [0.15, 0.2) is 30.3 Å². The molecule has 0 aromatic heterocycles. The highest BCUT2D eigenvalue weighted by atomic mass is 32.2. The molecule has 2 fully saturated rings. The van der Waals surface area contributed by atoms with E-state index in [4.69, 9.17) is 4.74 Å². The van der Waals surface area contributed by atoms with Crippen LogP contribution in [0.25, 0.3) is 0 Å². The van der Waals surface area contributed by atoms with Crippen molar-refractivity contribution in [1.29, 1.82) is 0 Å². The van der Waals surface area contributed by atoms with Crippen LogP contribution in [0.5, 0.6) is 0 Å². The number of nitrogens with one attached hydrogen (secondary N) is 1. The molecule has 174 valence electrons. The second-order valence-electron chi connectivity index (χ2n) is 8.23. The Balaban J connectivity index is 1.56. The number of carbonyl (C=O) groups excluding carboxylic acids is 1. The van der Waals surface area contributed by atoms with Gasteiger partial charge < -0.3 is 14.4 Å². The molecular weight excluding hydrogens is 430 g/mol. The van der Waals surface area contributed by atoms with Crippen LogP contribution in [-0.2, 0) is 19.5 Å². The molecule has 1 aromatic rings. The van der Waals surface area contributed by atoms with Gasteiger partial charge in [0.15, 0.2) is 6.61 Å². The van der Waals surface area contributed by atoms with Crippen molar-refractivity contribution in [3.63, 3.8) is 0 Å². The maximum Gasteiger partial charge on any atom is 0.410 e. The molecule has 1 aromatic carbocycles. The normalized spacial score (nSPS) is 26.9. The van der Waals surface area contributed by atoms with Crippen LogP contribution in [0, 0.1) is 0 Å². The van der Waals surface area contributed by atoms with Gasteiger partial charge in [0, 0.05) is 12.6 Å². The average Bonchev–Trinajstić information content (AvgIpc) is 3.12. The number of amides is 1. The lowest BCUT2D eigenvalue weighted by Gasteiger charge is -2.32. The summed E-state index contributed by atoms with van der Waals surface area (Å²) in [5.41, 5.74) is 1.32. The summed E-state index contributed by atoms with van der Waals surface area (Å²) >= 11 is 0. The lowest BCUT2D eigenvalue weighted by Crippen LogP contribution is -2.49. The van der Waals surface area contributed by atoms with Gasteiger partial charge in [-0.15, -0.1) is 0 Å². The third-order valence-corrected chi connectivity index (χ3v) is 6.66. The molecular formula is C21H30F2N2O5S. The Kier molecular flexibility index (Phi) is 8.23. The van der Waals surface area contributed by atoms with Gasteiger partial charge in [-0.05, 0) is 43.6 Å². The van der Waals surface area contributed by atoms with E-state index in [1.165, 1.54) is 10.5 Å². The summed E-state index contributed by atoms with van der Waals surface area (Å²) < 4.78 is 61.5. The minimum absolute atomic E-state index is 0.0124. The Morgan fingerprint density at radius 2 is 1.84 bits per heavy atom. The van der Waals surface area contributed by atoms with E-state index < -0.39 is 41.2 Å². The standard InChI is InChI=1S/C21H30F2N2O5S/c1-31(27,28)24-18-11-12-25(21(26)30-14-20(22)23)19(18)13-29-17-9-7-16(8-10-17)15-5-3-2-4-6-15/h2-6,16-20,24H,7-14H2,1H3/t16?,17?,18-,19?/m0/s1. The lowest BCUT2D eigenvalue weighted by atomic mass is 9.83. The minimum Gasteiger partial charge on any atom is -0.443 e. The van der Waals surface area contributed by atoms with E-state index in [0.717, 1.165) is 31.9 Å². The number of nitrogens with zero attached hydrogens (tertiary/aromatic N) is 1. The summed E-state index contributed by atoms with van der Waals surface area (Å²) in [6, 6.07) is 9.19. The zero-order valence-electron chi connectivity index (χ0n) is 17.6. The highest BCUT2D eigenvalue weighted by molar-refractivity contribution is 7.88. The average molecular weight is 461 g/mol.